The van der Waals surface area contributed by atoms with Crippen LogP contribution in [0.4, 0.5) is 10.1 Å². The van der Waals surface area contributed by atoms with Crippen LogP contribution in [0.25, 0.3) is 0 Å². The number of rotatable bonds is 6. The minimum absolute atomic E-state index is 0.0453. The Kier molecular flexibility index (Phi) is 6.97. The molecule has 1 atom stereocenters. The number of hydrogen-bond acceptors (Lipinski definition) is 5. The smallest absolute Gasteiger partial charge is 0.324 e. The van der Waals surface area contributed by atoms with Gasteiger partial charge >= 0.3 is 5.97 Å². The SMILES string of the molecule is O=C(COC(=O)[C@@H]1CCCN1S(=O)(=O)c1ccccc1F)Nc1cc(Cl)cc(Cl)c1. The van der Waals surface area contributed by atoms with Crippen molar-refractivity contribution in [1.82, 2.24) is 4.31 Å². The van der Waals surface area contributed by atoms with Gasteiger partial charge < -0.3 is 10.1 Å². The molecule has 0 unspecified atom stereocenters. The van der Waals surface area contributed by atoms with Crippen molar-refractivity contribution >= 4 is 50.8 Å². The first-order valence-corrected chi connectivity index (χ1v) is 11.1. The molecule has 0 saturated carbocycles. The second-order valence-corrected chi connectivity index (χ2v) is 9.25. The van der Waals surface area contributed by atoms with Gasteiger partial charge in [-0.3, -0.25) is 9.59 Å². The Morgan fingerprint density at radius 1 is 1.17 bits per heavy atom. The van der Waals surface area contributed by atoms with Gasteiger partial charge in [-0.1, -0.05) is 35.3 Å². The number of nitrogens with one attached hydrogen (secondary N) is 1. The zero-order valence-corrected chi connectivity index (χ0v) is 17.8. The first-order valence-electron chi connectivity index (χ1n) is 8.87. The van der Waals surface area contributed by atoms with E-state index in [9.17, 15) is 22.4 Å². The van der Waals surface area contributed by atoms with E-state index in [0.717, 1.165) is 16.4 Å². The molecule has 0 aromatic heterocycles. The molecule has 1 saturated heterocycles. The molecule has 0 radical (unpaired) electrons. The first-order chi connectivity index (χ1) is 14.2. The van der Waals surface area contributed by atoms with Crippen LogP contribution in [0, 0.1) is 5.82 Å². The predicted molar refractivity (Wildman–Crippen MR) is 109 cm³/mol. The van der Waals surface area contributed by atoms with E-state index in [2.05, 4.69) is 5.32 Å². The molecule has 1 heterocycles. The Morgan fingerprint density at radius 2 is 1.83 bits per heavy atom. The van der Waals surface area contributed by atoms with Crippen LogP contribution in [-0.4, -0.2) is 43.8 Å². The van der Waals surface area contributed by atoms with Crippen LogP contribution in [-0.2, 0) is 24.3 Å². The van der Waals surface area contributed by atoms with Crippen molar-refractivity contribution in [3.63, 3.8) is 0 Å². The minimum atomic E-state index is -4.23. The molecule has 0 spiro atoms. The van der Waals surface area contributed by atoms with E-state index in [-0.39, 0.29) is 13.0 Å². The maximum absolute atomic E-state index is 14.0. The van der Waals surface area contributed by atoms with E-state index < -0.39 is 45.3 Å². The molecule has 160 valence electrons. The molecule has 30 heavy (non-hydrogen) atoms. The van der Waals surface area contributed by atoms with Crippen LogP contribution in [0.5, 0.6) is 0 Å². The van der Waals surface area contributed by atoms with Crippen LogP contribution in [0.1, 0.15) is 12.8 Å². The molecule has 11 heteroatoms. The van der Waals surface area contributed by atoms with E-state index in [1.807, 2.05) is 0 Å². The number of esters is 1. The van der Waals surface area contributed by atoms with Crippen LogP contribution >= 0.6 is 23.2 Å². The van der Waals surface area contributed by atoms with Crippen molar-refractivity contribution in [1.29, 1.82) is 0 Å². The molecule has 1 amide bonds. The number of carbonyl (C=O) groups is 2. The van der Waals surface area contributed by atoms with Gasteiger partial charge in [-0.25, -0.2) is 12.8 Å². The van der Waals surface area contributed by atoms with E-state index in [1.165, 1.54) is 30.3 Å². The van der Waals surface area contributed by atoms with E-state index in [1.54, 1.807) is 0 Å². The summed E-state index contributed by atoms with van der Waals surface area (Å²) in [7, 11) is -4.23. The highest BCUT2D eigenvalue weighted by atomic mass is 35.5. The fraction of sp³-hybridized carbons (Fsp3) is 0.263. The van der Waals surface area contributed by atoms with Crippen molar-refractivity contribution in [3.8, 4) is 0 Å². The molecule has 7 nitrogen and oxygen atoms in total. The molecular weight excluding hydrogens is 458 g/mol. The van der Waals surface area contributed by atoms with Gasteiger partial charge in [0, 0.05) is 22.3 Å². The third-order valence-electron chi connectivity index (χ3n) is 4.39. The number of anilines is 1. The Bertz CT molecular complexity index is 1060. The number of nitrogens with zero attached hydrogens (tertiary/aromatic N) is 1. The molecule has 1 aliphatic rings. The fourth-order valence-corrected chi connectivity index (χ4v) is 5.34. The quantitative estimate of drug-likeness (QED) is 0.646. The maximum atomic E-state index is 14.0. The average Bonchev–Trinajstić information content (AvgIpc) is 3.16. The summed E-state index contributed by atoms with van der Waals surface area (Å²) in [5, 5.41) is 3.11. The molecule has 0 bridgehead atoms. The second-order valence-electron chi connectivity index (χ2n) is 6.52. The van der Waals surface area contributed by atoms with Crippen molar-refractivity contribution in [2.24, 2.45) is 0 Å². The Balaban J connectivity index is 1.64. The van der Waals surface area contributed by atoms with Gasteiger partial charge in [-0.2, -0.15) is 4.31 Å². The van der Waals surface area contributed by atoms with Crippen molar-refractivity contribution in [2.45, 2.75) is 23.8 Å². The minimum Gasteiger partial charge on any atom is -0.454 e. The molecule has 2 aromatic rings. The summed E-state index contributed by atoms with van der Waals surface area (Å²) in [4.78, 5) is 24.0. The van der Waals surface area contributed by atoms with Crippen LogP contribution in [0.3, 0.4) is 0 Å². The molecule has 0 aliphatic carbocycles. The normalized spacial score (nSPS) is 17.0. The summed E-state index contributed by atoms with van der Waals surface area (Å²) in [6.45, 7) is -0.587. The average molecular weight is 475 g/mol. The van der Waals surface area contributed by atoms with Crippen molar-refractivity contribution < 1.29 is 27.1 Å². The maximum Gasteiger partial charge on any atom is 0.324 e. The van der Waals surface area contributed by atoms with E-state index >= 15 is 0 Å². The van der Waals surface area contributed by atoms with Crippen LogP contribution < -0.4 is 5.32 Å². The summed E-state index contributed by atoms with van der Waals surface area (Å²) in [5.74, 6) is -2.44. The summed E-state index contributed by atoms with van der Waals surface area (Å²) in [6.07, 6.45) is 0.610. The predicted octanol–water partition coefficient (Wildman–Crippen LogP) is 3.47. The Labute approximate surface area is 182 Å². The summed E-state index contributed by atoms with van der Waals surface area (Å²) in [6, 6.07) is 8.21. The third-order valence-corrected chi connectivity index (χ3v) is 6.77. The van der Waals surface area contributed by atoms with Crippen LogP contribution in [0.2, 0.25) is 10.0 Å². The highest BCUT2D eigenvalue weighted by Gasteiger charge is 2.41. The lowest BCUT2D eigenvalue weighted by molar-refractivity contribution is -0.150. The van der Waals surface area contributed by atoms with Gasteiger partial charge in [-0.05, 0) is 43.2 Å². The molecule has 2 aromatic carbocycles. The largest absolute Gasteiger partial charge is 0.454 e. The summed E-state index contributed by atoms with van der Waals surface area (Å²) in [5.41, 5.74) is 0.318. The van der Waals surface area contributed by atoms with Gasteiger partial charge in [-0.15, -0.1) is 0 Å². The van der Waals surface area contributed by atoms with Gasteiger partial charge in [0.25, 0.3) is 5.91 Å². The summed E-state index contributed by atoms with van der Waals surface area (Å²) >= 11 is 11.7. The second kappa shape index (κ2) is 9.30. The van der Waals surface area contributed by atoms with Crippen LogP contribution in [0.15, 0.2) is 47.4 Å². The number of carbonyl (C=O) groups excluding carboxylic acids is 2. The number of sulfonamides is 1. The topological polar surface area (TPSA) is 92.8 Å². The number of ether oxygens (including phenoxy) is 1. The summed E-state index contributed by atoms with van der Waals surface area (Å²) < 4.78 is 45.5. The lowest BCUT2D eigenvalue weighted by Crippen LogP contribution is -2.42. The van der Waals surface area contributed by atoms with Gasteiger partial charge in [0.1, 0.15) is 16.8 Å². The highest BCUT2D eigenvalue weighted by Crippen LogP contribution is 2.28. The molecule has 1 N–H and O–H groups in total. The zero-order valence-electron chi connectivity index (χ0n) is 15.5. The van der Waals surface area contributed by atoms with Gasteiger partial charge in [0.05, 0.1) is 0 Å². The number of benzene rings is 2. The molecule has 3 rings (SSSR count). The fourth-order valence-electron chi connectivity index (χ4n) is 3.10. The van der Waals surface area contributed by atoms with Gasteiger partial charge in [0.15, 0.2) is 6.61 Å². The van der Waals surface area contributed by atoms with E-state index in [4.69, 9.17) is 27.9 Å². The zero-order chi connectivity index (χ0) is 21.9. The third kappa shape index (κ3) is 5.10. The molecule has 1 aliphatic heterocycles. The molecular formula is C19H17Cl2FN2O5S. The number of hydrogen-bond donors (Lipinski definition) is 1. The first kappa shape index (κ1) is 22.5. The number of halogens is 3. The standard InChI is InChI=1S/C19H17Cl2FN2O5S/c20-12-8-13(21)10-14(9-12)23-18(25)11-29-19(26)16-5-3-7-24(16)30(27,28)17-6-2-1-4-15(17)22/h1-2,4,6,8-10,16H,3,5,7,11H2,(H,23,25)/t16-/m0/s1. The lowest BCUT2D eigenvalue weighted by Gasteiger charge is -2.22. The molecule has 1 fully saturated rings. The Hall–Kier alpha value is -2.20. The Morgan fingerprint density at radius 3 is 2.50 bits per heavy atom. The van der Waals surface area contributed by atoms with Gasteiger partial charge in [0.2, 0.25) is 10.0 Å². The monoisotopic (exact) mass is 474 g/mol. The van der Waals surface area contributed by atoms with E-state index in [0.29, 0.717) is 22.2 Å². The van der Waals surface area contributed by atoms with Crippen molar-refractivity contribution in [2.75, 3.05) is 18.5 Å². The number of amides is 1. The van der Waals surface area contributed by atoms with Crippen molar-refractivity contribution in [3.05, 3.63) is 58.3 Å². The highest BCUT2D eigenvalue weighted by molar-refractivity contribution is 7.89. The lowest BCUT2D eigenvalue weighted by atomic mass is 10.2.